The number of rotatable bonds is 1. The van der Waals surface area contributed by atoms with E-state index in [0.29, 0.717) is 5.56 Å². The van der Waals surface area contributed by atoms with Gasteiger partial charge in [-0.05, 0) is 24.6 Å². The first-order valence-electron chi connectivity index (χ1n) is 5.73. The van der Waals surface area contributed by atoms with Gasteiger partial charge in [-0.2, -0.15) is 5.26 Å². The molecule has 0 amide bonds. The molecule has 3 nitrogen and oxygen atoms in total. The van der Waals surface area contributed by atoms with Gasteiger partial charge >= 0.3 is 0 Å². The molecule has 0 aliphatic heterocycles. The summed E-state index contributed by atoms with van der Waals surface area (Å²) in [5, 5.41) is 9.14. The zero-order valence-electron chi connectivity index (χ0n) is 9.96. The van der Waals surface area contributed by atoms with Crippen LogP contribution in [-0.4, -0.2) is 9.38 Å². The summed E-state index contributed by atoms with van der Waals surface area (Å²) in [4.78, 5) is 4.27. The van der Waals surface area contributed by atoms with Gasteiger partial charge in [0.2, 0.25) is 0 Å². The highest BCUT2D eigenvalue weighted by atomic mass is 15.0. The SMILES string of the molecule is Cc1ncc2ccc(-c3ccccc3C#N)cn12. The second-order valence-corrected chi connectivity index (χ2v) is 4.18. The molecule has 18 heavy (non-hydrogen) atoms. The van der Waals surface area contributed by atoms with E-state index in [2.05, 4.69) is 11.1 Å². The smallest absolute Gasteiger partial charge is 0.110 e. The fraction of sp³-hybridized carbons (Fsp3) is 0.0667. The topological polar surface area (TPSA) is 41.1 Å². The predicted octanol–water partition coefficient (Wildman–Crippen LogP) is 3.18. The summed E-state index contributed by atoms with van der Waals surface area (Å²) < 4.78 is 2.03. The largest absolute Gasteiger partial charge is 0.303 e. The molecule has 2 aromatic heterocycles. The third-order valence-corrected chi connectivity index (χ3v) is 3.07. The number of hydrogen-bond acceptors (Lipinski definition) is 2. The molecule has 1 aromatic carbocycles. The summed E-state index contributed by atoms with van der Waals surface area (Å²) in [6.45, 7) is 1.97. The van der Waals surface area contributed by atoms with Crippen LogP contribution in [0.5, 0.6) is 0 Å². The molecule has 3 rings (SSSR count). The van der Waals surface area contributed by atoms with Gasteiger partial charge < -0.3 is 4.40 Å². The molecule has 86 valence electrons. The van der Waals surface area contributed by atoms with Crippen LogP contribution in [0.4, 0.5) is 0 Å². The lowest BCUT2D eigenvalue weighted by Gasteiger charge is -2.05. The molecule has 0 unspecified atom stereocenters. The lowest BCUT2D eigenvalue weighted by molar-refractivity contribution is 1.05. The standard InChI is InChI=1S/C15H11N3/c1-11-17-9-14-7-6-13(10-18(11)14)15-5-3-2-4-12(15)8-16/h2-7,9-10H,1H3. The van der Waals surface area contributed by atoms with Crippen molar-refractivity contribution in [3.63, 3.8) is 0 Å². The van der Waals surface area contributed by atoms with Crippen molar-refractivity contribution in [1.29, 1.82) is 5.26 Å². The highest BCUT2D eigenvalue weighted by Crippen LogP contribution is 2.24. The predicted molar refractivity (Wildman–Crippen MR) is 70.1 cm³/mol. The average molecular weight is 233 g/mol. The maximum atomic E-state index is 9.14. The molecule has 0 atom stereocenters. The highest BCUT2D eigenvalue weighted by molar-refractivity contribution is 5.71. The Balaban J connectivity index is 2.26. The van der Waals surface area contributed by atoms with Crippen LogP contribution < -0.4 is 0 Å². The Morgan fingerprint density at radius 3 is 2.83 bits per heavy atom. The van der Waals surface area contributed by atoms with Crippen molar-refractivity contribution >= 4 is 5.52 Å². The van der Waals surface area contributed by atoms with Gasteiger partial charge in [-0.15, -0.1) is 0 Å². The van der Waals surface area contributed by atoms with E-state index in [1.807, 2.05) is 60.1 Å². The Morgan fingerprint density at radius 1 is 1.17 bits per heavy atom. The normalized spacial score (nSPS) is 10.4. The zero-order valence-corrected chi connectivity index (χ0v) is 9.96. The third kappa shape index (κ3) is 1.56. The average Bonchev–Trinajstić information content (AvgIpc) is 2.80. The van der Waals surface area contributed by atoms with Gasteiger partial charge in [-0.3, -0.25) is 0 Å². The molecule has 0 N–H and O–H groups in total. The van der Waals surface area contributed by atoms with E-state index < -0.39 is 0 Å². The number of benzene rings is 1. The molecule has 3 aromatic rings. The summed E-state index contributed by atoms with van der Waals surface area (Å²) in [7, 11) is 0. The van der Waals surface area contributed by atoms with E-state index in [-0.39, 0.29) is 0 Å². The molecule has 3 heteroatoms. The van der Waals surface area contributed by atoms with E-state index in [4.69, 9.17) is 5.26 Å². The van der Waals surface area contributed by atoms with E-state index in [1.165, 1.54) is 0 Å². The number of imidazole rings is 1. The third-order valence-electron chi connectivity index (χ3n) is 3.07. The van der Waals surface area contributed by atoms with Gasteiger partial charge in [0.1, 0.15) is 5.82 Å². The summed E-state index contributed by atoms with van der Waals surface area (Å²) in [5.41, 5.74) is 3.73. The van der Waals surface area contributed by atoms with Gasteiger partial charge in [-0.1, -0.05) is 24.3 Å². The Bertz CT molecular complexity index is 763. The van der Waals surface area contributed by atoms with Crippen LogP contribution in [0.15, 0.2) is 48.8 Å². The van der Waals surface area contributed by atoms with Crippen LogP contribution in [0.25, 0.3) is 16.6 Å². The number of aromatic nitrogens is 2. The number of nitrogens with zero attached hydrogens (tertiary/aromatic N) is 3. The van der Waals surface area contributed by atoms with Crippen molar-refractivity contribution in [3.05, 3.63) is 60.2 Å². The van der Waals surface area contributed by atoms with Crippen LogP contribution in [0.2, 0.25) is 0 Å². The van der Waals surface area contributed by atoms with Crippen LogP contribution in [0.1, 0.15) is 11.4 Å². The first-order chi connectivity index (χ1) is 8.79. The minimum absolute atomic E-state index is 0.689. The fourth-order valence-corrected chi connectivity index (χ4v) is 2.11. The molecule has 0 saturated heterocycles. The minimum atomic E-state index is 0.689. The lowest BCUT2D eigenvalue weighted by atomic mass is 10.0. The molecule has 0 radical (unpaired) electrons. The van der Waals surface area contributed by atoms with Gasteiger partial charge in [0, 0.05) is 11.8 Å². The monoisotopic (exact) mass is 233 g/mol. The van der Waals surface area contributed by atoms with Crippen LogP contribution in [0, 0.1) is 18.3 Å². The molecule has 0 spiro atoms. The van der Waals surface area contributed by atoms with Gasteiger partial charge in [0.05, 0.1) is 23.3 Å². The number of aryl methyl sites for hydroxylation is 1. The van der Waals surface area contributed by atoms with Gasteiger partial charge in [0.15, 0.2) is 0 Å². The Hall–Kier alpha value is -2.60. The summed E-state index contributed by atoms with van der Waals surface area (Å²) in [6.07, 6.45) is 3.86. The van der Waals surface area contributed by atoms with Gasteiger partial charge in [0.25, 0.3) is 0 Å². The zero-order chi connectivity index (χ0) is 12.5. The van der Waals surface area contributed by atoms with Crippen molar-refractivity contribution in [3.8, 4) is 17.2 Å². The van der Waals surface area contributed by atoms with Crippen molar-refractivity contribution in [2.45, 2.75) is 6.92 Å². The first-order valence-corrected chi connectivity index (χ1v) is 5.73. The van der Waals surface area contributed by atoms with E-state index in [9.17, 15) is 0 Å². The lowest BCUT2D eigenvalue weighted by Crippen LogP contribution is -1.90. The maximum absolute atomic E-state index is 9.14. The molecule has 0 fully saturated rings. The fourth-order valence-electron chi connectivity index (χ4n) is 2.11. The van der Waals surface area contributed by atoms with Crippen molar-refractivity contribution < 1.29 is 0 Å². The van der Waals surface area contributed by atoms with Crippen molar-refractivity contribution in [1.82, 2.24) is 9.38 Å². The minimum Gasteiger partial charge on any atom is -0.303 e. The number of nitriles is 1. The second-order valence-electron chi connectivity index (χ2n) is 4.18. The van der Waals surface area contributed by atoms with Crippen molar-refractivity contribution in [2.24, 2.45) is 0 Å². The Labute approximate surface area is 105 Å². The summed E-state index contributed by atoms with van der Waals surface area (Å²) in [6, 6.07) is 13.9. The van der Waals surface area contributed by atoms with Gasteiger partial charge in [-0.25, -0.2) is 4.98 Å². The van der Waals surface area contributed by atoms with Crippen LogP contribution >= 0.6 is 0 Å². The summed E-state index contributed by atoms with van der Waals surface area (Å²) >= 11 is 0. The Kier molecular flexibility index (Phi) is 2.35. The molecule has 0 aliphatic carbocycles. The molecular formula is C15H11N3. The molecule has 0 aliphatic rings. The van der Waals surface area contributed by atoms with E-state index in [1.54, 1.807) is 0 Å². The molecule has 0 saturated carbocycles. The number of fused-ring (bicyclic) bond motifs is 1. The maximum Gasteiger partial charge on any atom is 0.110 e. The van der Waals surface area contributed by atoms with Crippen LogP contribution in [-0.2, 0) is 0 Å². The molecular weight excluding hydrogens is 222 g/mol. The van der Waals surface area contributed by atoms with Crippen molar-refractivity contribution in [2.75, 3.05) is 0 Å². The quantitative estimate of drug-likeness (QED) is 0.647. The second kappa shape index (κ2) is 4.01. The Morgan fingerprint density at radius 2 is 2.00 bits per heavy atom. The molecule has 2 heterocycles. The van der Waals surface area contributed by atoms with E-state index >= 15 is 0 Å². The summed E-state index contributed by atoms with van der Waals surface area (Å²) in [5.74, 6) is 0.946. The highest BCUT2D eigenvalue weighted by Gasteiger charge is 2.06. The van der Waals surface area contributed by atoms with Crippen LogP contribution in [0.3, 0.4) is 0 Å². The number of hydrogen-bond donors (Lipinski definition) is 0. The first kappa shape index (κ1) is 10.5. The number of pyridine rings is 1. The molecule has 0 bridgehead atoms. The van der Waals surface area contributed by atoms with E-state index in [0.717, 1.165) is 22.5 Å².